The van der Waals surface area contributed by atoms with Gasteiger partial charge in [0.2, 0.25) is 0 Å². The molecule has 0 amide bonds. The Hall–Kier alpha value is -3.32. The van der Waals surface area contributed by atoms with E-state index in [1.807, 2.05) is 35.0 Å². The number of ether oxygens (including phenoxy) is 1. The van der Waals surface area contributed by atoms with Crippen LogP contribution in [0.25, 0.3) is 16.9 Å². The van der Waals surface area contributed by atoms with Crippen LogP contribution in [0.15, 0.2) is 53.3 Å². The molecule has 0 bridgehead atoms. The van der Waals surface area contributed by atoms with Crippen molar-refractivity contribution >= 4 is 11.5 Å². The number of furan rings is 1. The number of methoxy groups -OCH3 is 1. The summed E-state index contributed by atoms with van der Waals surface area (Å²) in [4.78, 5) is 9.71. The van der Waals surface area contributed by atoms with Crippen LogP contribution in [0.2, 0.25) is 0 Å². The first-order valence-corrected chi connectivity index (χ1v) is 10.6. The lowest BCUT2D eigenvalue weighted by Crippen LogP contribution is -2.46. The summed E-state index contributed by atoms with van der Waals surface area (Å²) in [5, 5.41) is 4.95. The molecule has 3 aromatic heterocycles. The van der Waals surface area contributed by atoms with Crippen LogP contribution in [-0.4, -0.2) is 52.8 Å². The van der Waals surface area contributed by atoms with Crippen molar-refractivity contribution in [3.8, 4) is 17.0 Å². The van der Waals surface area contributed by atoms with E-state index in [1.54, 1.807) is 13.4 Å². The van der Waals surface area contributed by atoms with Crippen molar-refractivity contribution in [2.24, 2.45) is 0 Å². The first-order valence-electron chi connectivity index (χ1n) is 10.6. The van der Waals surface area contributed by atoms with Crippen LogP contribution in [0.4, 0.5) is 5.82 Å². The fraction of sp³-hybridized carbons (Fsp3) is 0.333. The first kappa shape index (κ1) is 19.6. The number of piperazine rings is 1. The van der Waals surface area contributed by atoms with Gasteiger partial charge >= 0.3 is 0 Å². The molecule has 0 spiro atoms. The van der Waals surface area contributed by atoms with Gasteiger partial charge in [-0.2, -0.15) is 9.61 Å². The lowest BCUT2D eigenvalue weighted by Gasteiger charge is -2.36. The van der Waals surface area contributed by atoms with Gasteiger partial charge < -0.3 is 14.1 Å². The van der Waals surface area contributed by atoms with E-state index in [9.17, 15) is 0 Å². The van der Waals surface area contributed by atoms with Gasteiger partial charge in [0.05, 0.1) is 25.3 Å². The molecule has 1 fully saturated rings. The molecule has 0 saturated carbocycles. The van der Waals surface area contributed by atoms with E-state index in [1.165, 1.54) is 11.1 Å². The largest absolute Gasteiger partial charge is 0.497 e. The maximum Gasteiger partial charge on any atom is 0.158 e. The second-order valence-electron chi connectivity index (χ2n) is 8.07. The Labute approximate surface area is 181 Å². The molecule has 4 aromatic rings. The minimum atomic E-state index is 0.823. The molecular formula is C24H27N5O2. The Balaban J connectivity index is 1.45. The Bertz CT molecular complexity index is 1190. The van der Waals surface area contributed by atoms with Crippen molar-refractivity contribution in [2.45, 2.75) is 20.4 Å². The maximum absolute atomic E-state index is 5.39. The number of anilines is 1. The minimum absolute atomic E-state index is 0.823. The van der Waals surface area contributed by atoms with Gasteiger partial charge in [0, 0.05) is 61.2 Å². The van der Waals surface area contributed by atoms with Crippen molar-refractivity contribution in [1.29, 1.82) is 0 Å². The summed E-state index contributed by atoms with van der Waals surface area (Å²) in [5.74, 6) is 1.96. The molecular weight excluding hydrogens is 390 g/mol. The molecule has 5 rings (SSSR count). The van der Waals surface area contributed by atoms with E-state index < -0.39 is 0 Å². The van der Waals surface area contributed by atoms with Crippen molar-refractivity contribution in [3.63, 3.8) is 0 Å². The zero-order chi connectivity index (χ0) is 21.4. The third-order valence-electron chi connectivity index (χ3n) is 6.08. The topological polar surface area (TPSA) is 59.0 Å². The number of rotatable bonds is 5. The van der Waals surface area contributed by atoms with E-state index in [0.717, 1.165) is 66.9 Å². The van der Waals surface area contributed by atoms with Crippen LogP contribution in [0.1, 0.15) is 16.8 Å². The zero-order valence-electron chi connectivity index (χ0n) is 18.2. The number of hydrogen-bond acceptors (Lipinski definition) is 6. The molecule has 1 aromatic carbocycles. The van der Waals surface area contributed by atoms with Gasteiger partial charge in [-0.1, -0.05) is 12.1 Å². The van der Waals surface area contributed by atoms with Crippen LogP contribution >= 0.6 is 0 Å². The van der Waals surface area contributed by atoms with Gasteiger partial charge in [-0.15, -0.1) is 0 Å². The smallest absolute Gasteiger partial charge is 0.158 e. The molecule has 0 radical (unpaired) electrons. The Morgan fingerprint density at radius 1 is 1.06 bits per heavy atom. The highest BCUT2D eigenvalue weighted by atomic mass is 16.5. The van der Waals surface area contributed by atoms with E-state index in [2.05, 4.69) is 35.8 Å². The molecule has 0 atom stereocenters. The third kappa shape index (κ3) is 3.77. The van der Waals surface area contributed by atoms with Crippen LogP contribution in [0, 0.1) is 13.8 Å². The van der Waals surface area contributed by atoms with E-state index >= 15 is 0 Å². The minimum Gasteiger partial charge on any atom is -0.497 e. The number of nitrogens with zero attached hydrogens (tertiary/aromatic N) is 5. The lowest BCUT2D eigenvalue weighted by molar-refractivity contribution is 0.248. The average Bonchev–Trinajstić information content (AvgIpc) is 3.45. The van der Waals surface area contributed by atoms with Gasteiger partial charge in [0.25, 0.3) is 0 Å². The highest BCUT2D eigenvalue weighted by Gasteiger charge is 2.23. The van der Waals surface area contributed by atoms with E-state index in [-0.39, 0.29) is 0 Å². The van der Waals surface area contributed by atoms with Crippen LogP contribution in [0.5, 0.6) is 5.75 Å². The number of aryl methyl sites for hydroxylation is 1. The number of benzene rings is 1. The van der Waals surface area contributed by atoms with Crippen LogP contribution in [-0.2, 0) is 6.54 Å². The van der Waals surface area contributed by atoms with Crippen molar-refractivity contribution in [1.82, 2.24) is 19.5 Å². The van der Waals surface area contributed by atoms with E-state index in [4.69, 9.17) is 19.2 Å². The van der Waals surface area contributed by atoms with E-state index in [0.29, 0.717) is 0 Å². The predicted molar refractivity (Wildman–Crippen MR) is 121 cm³/mol. The molecule has 1 aliphatic rings. The molecule has 7 heteroatoms. The molecule has 0 aliphatic carbocycles. The maximum atomic E-state index is 5.39. The normalized spacial score (nSPS) is 15.0. The van der Waals surface area contributed by atoms with Gasteiger partial charge in [-0.3, -0.25) is 4.90 Å². The standard InChI is InChI=1S/C24H27N5O2/c1-17-18(2)25-23-14-22(20-5-4-6-21(13-20)30-3)26-29(23)24(17)28-10-8-27(9-11-28)15-19-7-12-31-16-19/h4-7,12-14,16H,8-11,15H2,1-3H3. The first-order chi connectivity index (χ1) is 15.1. The molecule has 4 heterocycles. The summed E-state index contributed by atoms with van der Waals surface area (Å²) >= 11 is 0. The highest BCUT2D eigenvalue weighted by molar-refractivity contribution is 5.68. The van der Waals surface area contributed by atoms with Crippen LogP contribution in [0.3, 0.4) is 0 Å². The molecule has 0 N–H and O–H groups in total. The third-order valence-corrected chi connectivity index (χ3v) is 6.08. The molecule has 1 saturated heterocycles. The Kier molecular flexibility index (Phi) is 5.11. The summed E-state index contributed by atoms with van der Waals surface area (Å²) in [6, 6.07) is 12.1. The SMILES string of the molecule is COc1cccc(-c2cc3nc(C)c(C)c(N4CCN(Cc5ccoc5)CC4)n3n2)c1. The Morgan fingerprint density at radius 2 is 1.90 bits per heavy atom. The quantitative estimate of drug-likeness (QED) is 0.490. The van der Waals surface area contributed by atoms with Gasteiger partial charge in [-0.05, 0) is 32.0 Å². The molecule has 1 aliphatic heterocycles. The van der Waals surface area contributed by atoms with Crippen molar-refractivity contribution in [2.75, 3.05) is 38.2 Å². The number of hydrogen-bond donors (Lipinski definition) is 0. The highest BCUT2D eigenvalue weighted by Crippen LogP contribution is 2.29. The summed E-state index contributed by atoms with van der Waals surface area (Å²) < 4.78 is 12.6. The van der Waals surface area contributed by atoms with Gasteiger partial charge in [0.15, 0.2) is 5.65 Å². The monoisotopic (exact) mass is 417 g/mol. The number of aromatic nitrogens is 3. The summed E-state index contributed by atoms with van der Waals surface area (Å²) in [6.45, 7) is 9.04. The van der Waals surface area contributed by atoms with Crippen molar-refractivity contribution < 1.29 is 9.15 Å². The fourth-order valence-corrected chi connectivity index (χ4v) is 4.24. The lowest BCUT2D eigenvalue weighted by atomic mass is 10.1. The second kappa shape index (κ2) is 8.07. The second-order valence-corrected chi connectivity index (χ2v) is 8.07. The summed E-state index contributed by atoms with van der Waals surface area (Å²) in [7, 11) is 1.68. The molecule has 0 unspecified atom stereocenters. The molecule has 7 nitrogen and oxygen atoms in total. The Morgan fingerprint density at radius 3 is 2.65 bits per heavy atom. The summed E-state index contributed by atoms with van der Waals surface area (Å²) in [5.41, 5.74) is 6.24. The summed E-state index contributed by atoms with van der Waals surface area (Å²) in [6.07, 6.45) is 3.57. The number of fused-ring (bicyclic) bond motifs is 1. The van der Waals surface area contributed by atoms with Crippen molar-refractivity contribution in [3.05, 3.63) is 65.7 Å². The predicted octanol–water partition coefficient (Wildman–Crippen LogP) is 3.94. The zero-order valence-corrected chi connectivity index (χ0v) is 18.2. The van der Waals surface area contributed by atoms with Gasteiger partial charge in [0.1, 0.15) is 11.6 Å². The van der Waals surface area contributed by atoms with Crippen LogP contribution < -0.4 is 9.64 Å². The van der Waals surface area contributed by atoms with Gasteiger partial charge in [-0.25, -0.2) is 4.98 Å². The fourth-order valence-electron chi connectivity index (χ4n) is 4.24. The molecule has 160 valence electrons. The average molecular weight is 418 g/mol. The molecule has 31 heavy (non-hydrogen) atoms.